The SMILES string of the molecule is CC(C)(C)NCc1c(Cl)cccc1OC1CCCOC1. The van der Waals surface area contributed by atoms with Crippen LogP contribution in [0.1, 0.15) is 39.2 Å². The van der Waals surface area contributed by atoms with Gasteiger partial charge in [-0.3, -0.25) is 0 Å². The Hall–Kier alpha value is -0.770. The van der Waals surface area contributed by atoms with Crippen LogP contribution in [0.3, 0.4) is 0 Å². The third-order valence-corrected chi connectivity index (χ3v) is 3.64. The van der Waals surface area contributed by atoms with Gasteiger partial charge in [0.05, 0.1) is 6.61 Å². The summed E-state index contributed by atoms with van der Waals surface area (Å²) < 4.78 is 11.5. The van der Waals surface area contributed by atoms with Crippen LogP contribution in [-0.2, 0) is 11.3 Å². The Balaban J connectivity index is 2.08. The molecule has 20 heavy (non-hydrogen) atoms. The third-order valence-electron chi connectivity index (χ3n) is 3.28. The second-order valence-electron chi connectivity index (χ2n) is 6.28. The van der Waals surface area contributed by atoms with Crippen molar-refractivity contribution in [3.63, 3.8) is 0 Å². The highest BCUT2D eigenvalue weighted by Gasteiger charge is 2.19. The normalized spacial score (nSPS) is 19.9. The van der Waals surface area contributed by atoms with E-state index in [9.17, 15) is 0 Å². The summed E-state index contributed by atoms with van der Waals surface area (Å²) in [5, 5.41) is 4.21. The summed E-state index contributed by atoms with van der Waals surface area (Å²) in [4.78, 5) is 0. The first-order chi connectivity index (χ1) is 9.46. The molecule has 1 aliphatic rings. The summed E-state index contributed by atoms with van der Waals surface area (Å²) in [5.41, 5.74) is 1.07. The highest BCUT2D eigenvalue weighted by Crippen LogP contribution is 2.28. The van der Waals surface area contributed by atoms with E-state index in [0.29, 0.717) is 13.2 Å². The van der Waals surface area contributed by atoms with Crippen molar-refractivity contribution >= 4 is 11.6 Å². The maximum absolute atomic E-state index is 6.32. The van der Waals surface area contributed by atoms with Crippen molar-refractivity contribution in [1.82, 2.24) is 5.32 Å². The van der Waals surface area contributed by atoms with Crippen LogP contribution in [0.4, 0.5) is 0 Å². The van der Waals surface area contributed by atoms with Crippen LogP contribution in [0.25, 0.3) is 0 Å². The maximum Gasteiger partial charge on any atom is 0.125 e. The number of nitrogens with one attached hydrogen (secondary N) is 1. The van der Waals surface area contributed by atoms with Gasteiger partial charge in [-0.05, 0) is 45.7 Å². The lowest BCUT2D eigenvalue weighted by Crippen LogP contribution is -2.35. The number of ether oxygens (including phenoxy) is 2. The van der Waals surface area contributed by atoms with Crippen LogP contribution >= 0.6 is 11.6 Å². The second-order valence-corrected chi connectivity index (χ2v) is 6.68. The van der Waals surface area contributed by atoms with Gasteiger partial charge in [-0.1, -0.05) is 17.7 Å². The molecule has 1 atom stereocenters. The molecule has 1 aromatic rings. The van der Waals surface area contributed by atoms with Crippen molar-refractivity contribution in [3.8, 4) is 5.75 Å². The first-order valence-electron chi connectivity index (χ1n) is 7.22. The predicted octanol–water partition coefficient (Wildman–Crippen LogP) is 3.79. The zero-order chi connectivity index (χ0) is 14.6. The predicted molar refractivity (Wildman–Crippen MR) is 82.5 cm³/mol. The Morgan fingerprint density at radius 1 is 1.40 bits per heavy atom. The van der Waals surface area contributed by atoms with Crippen LogP contribution in [-0.4, -0.2) is 24.9 Å². The average Bonchev–Trinajstić information content (AvgIpc) is 2.38. The summed E-state index contributed by atoms with van der Waals surface area (Å²) >= 11 is 6.32. The Labute approximate surface area is 126 Å². The Morgan fingerprint density at radius 2 is 2.20 bits per heavy atom. The van der Waals surface area contributed by atoms with Crippen molar-refractivity contribution in [2.75, 3.05) is 13.2 Å². The van der Waals surface area contributed by atoms with E-state index in [0.717, 1.165) is 35.8 Å². The van der Waals surface area contributed by atoms with Gasteiger partial charge < -0.3 is 14.8 Å². The Bertz CT molecular complexity index is 437. The molecular weight excluding hydrogens is 274 g/mol. The van der Waals surface area contributed by atoms with Gasteiger partial charge in [0.15, 0.2) is 0 Å². The molecule has 1 aliphatic heterocycles. The largest absolute Gasteiger partial charge is 0.488 e. The molecular formula is C16H24ClNO2. The van der Waals surface area contributed by atoms with Crippen LogP contribution in [0.2, 0.25) is 5.02 Å². The minimum absolute atomic E-state index is 0.0460. The highest BCUT2D eigenvalue weighted by molar-refractivity contribution is 6.31. The Kier molecular flexibility index (Phi) is 5.30. The molecule has 0 amide bonds. The molecule has 0 saturated carbocycles. The number of rotatable bonds is 4. The monoisotopic (exact) mass is 297 g/mol. The molecule has 1 fully saturated rings. The van der Waals surface area contributed by atoms with E-state index in [-0.39, 0.29) is 11.6 Å². The molecule has 4 heteroatoms. The topological polar surface area (TPSA) is 30.5 Å². The second kappa shape index (κ2) is 6.79. The molecule has 3 nitrogen and oxygen atoms in total. The van der Waals surface area contributed by atoms with Crippen molar-refractivity contribution in [2.45, 2.75) is 51.8 Å². The van der Waals surface area contributed by atoms with Gasteiger partial charge >= 0.3 is 0 Å². The fourth-order valence-corrected chi connectivity index (χ4v) is 2.39. The quantitative estimate of drug-likeness (QED) is 0.917. The van der Waals surface area contributed by atoms with E-state index in [1.54, 1.807) is 0 Å². The van der Waals surface area contributed by atoms with Gasteiger partial charge in [0, 0.05) is 29.3 Å². The smallest absolute Gasteiger partial charge is 0.125 e. The van der Waals surface area contributed by atoms with E-state index in [1.165, 1.54) is 0 Å². The summed E-state index contributed by atoms with van der Waals surface area (Å²) in [6.45, 7) is 8.62. The number of hydrogen-bond acceptors (Lipinski definition) is 3. The average molecular weight is 298 g/mol. The van der Waals surface area contributed by atoms with E-state index in [1.807, 2.05) is 18.2 Å². The molecule has 1 unspecified atom stereocenters. The van der Waals surface area contributed by atoms with Crippen molar-refractivity contribution < 1.29 is 9.47 Å². The summed E-state index contributed by atoms with van der Waals surface area (Å²) in [6, 6.07) is 5.83. The van der Waals surface area contributed by atoms with Gasteiger partial charge in [-0.15, -0.1) is 0 Å². The standard InChI is InChI=1S/C16H24ClNO2/c1-16(2,3)18-10-13-14(17)7-4-8-15(13)20-12-6-5-9-19-11-12/h4,7-8,12,18H,5-6,9-11H2,1-3H3. The van der Waals surface area contributed by atoms with Crippen LogP contribution < -0.4 is 10.1 Å². The lowest BCUT2D eigenvalue weighted by atomic mass is 10.1. The van der Waals surface area contributed by atoms with Gasteiger partial charge in [0.25, 0.3) is 0 Å². The van der Waals surface area contributed by atoms with Crippen LogP contribution in [0.15, 0.2) is 18.2 Å². The summed E-state index contributed by atoms with van der Waals surface area (Å²) in [6.07, 6.45) is 2.23. The van der Waals surface area contributed by atoms with Crippen molar-refractivity contribution in [3.05, 3.63) is 28.8 Å². The van der Waals surface area contributed by atoms with E-state index >= 15 is 0 Å². The lowest BCUT2D eigenvalue weighted by Gasteiger charge is -2.26. The molecule has 1 aromatic carbocycles. The minimum Gasteiger partial charge on any atom is -0.488 e. The molecule has 0 radical (unpaired) electrons. The van der Waals surface area contributed by atoms with Crippen LogP contribution in [0, 0.1) is 0 Å². The molecule has 0 bridgehead atoms. The van der Waals surface area contributed by atoms with Gasteiger partial charge in [0.2, 0.25) is 0 Å². The molecule has 112 valence electrons. The van der Waals surface area contributed by atoms with Gasteiger partial charge in [-0.2, -0.15) is 0 Å². The molecule has 0 spiro atoms. The zero-order valence-corrected chi connectivity index (χ0v) is 13.3. The van der Waals surface area contributed by atoms with Crippen molar-refractivity contribution in [2.24, 2.45) is 0 Å². The highest BCUT2D eigenvalue weighted by atomic mass is 35.5. The number of halogens is 1. The summed E-state index contributed by atoms with van der Waals surface area (Å²) in [7, 11) is 0. The number of hydrogen-bond donors (Lipinski definition) is 1. The molecule has 1 saturated heterocycles. The van der Waals surface area contributed by atoms with Gasteiger partial charge in [-0.25, -0.2) is 0 Å². The van der Waals surface area contributed by atoms with E-state index in [2.05, 4.69) is 26.1 Å². The molecule has 0 aromatic heterocycles. The molecule has 1 N–H and O–H groups in total. The summed E-state index contributed by atoms with van der Waals surface area (Å²) in [5.74, 6) is 0.866. The van der Waals surface area contributed by atoms with E-state index < -0.39 is 0 Å². The first kappa shape index (κ1) is 15.6. The minimum atomic E-state index is 0.0460. The fourth-order valence-electron chi connectivity index (χ4n) is 2.16. The van der Waals surface area contributed by atoms with E-state index in [4.69, 9.17) is 21.1 Å². The maximum atomic E-state index is 6.32. The fraction of sp³-hybridized carbons (Fsp3) is 0.625. The first-order valence-corrected chi connectivity index (χ1v) is 7.60. The van der Waals surface area contributed by atoms with Crippen molar-refractivity contribution in [1.29, 1.82) is 0 Å². The molecule has 0 aliphatic carbocycles. The zero-order valence-electron chi connectivity index (χ0n) is 12.5. The third kappa shape index (κ3) is 4.65. The van der Waals surface area contributed by atoms with Gasteiger partial charge in [0.1, 0.15) is 11.9 Å². The Morgan fingerprint density at radius 3 is 2.85 bits per heavy atom. The lowest BCUT2D eigenvalue weighted by molar-refractivity contribution is 0.00698. The molecule has 1 heterocycles. The number of benzene rings is 1. The molecule has 2 rings (SSSR count). The van der Waals surface area contributed by atoms with Crippen LogP contribution in [0.5, 0.6) is 5.75 Å².